The number of halogens is 1. The van der Waals surface area contributed by atoms with Crippen molar-refractivity contribution in [3.05, 3.63) is 120 Å². The quantitative estimate of drug-likeness (QED) is 0.268. The average Bonchev–Trinajstić information content (AvgIpc) is 3.41. The number of para-hydroxylation sites is 1. The van der Waals surface area contributed by atoms with E-state index in [1.807, 2.05) is 48.5 Å². The van der Waals surface area contributed by atoms with Crippen LogP contribution in [-0.4, -0.2) is 27.0 Å². The standard InChI is InChI=1S/C29H22FN5O2/c1-18-15-16-20(17-25(18)32-29(37)21-11-5-7-13-23(21)30)28(36)31-24-14-8-6-12-22(24)27-33-26(34-35-27)19-9-3-2-4-10-19/h2-17H,1H3,(H,31,36)(H,32,37)(H,33,34,35). The molecule has 182 valence electrons. The van der Waals surface area contributed by atoms with Gasteiger partial charge in [0.15, 0.2) is 11.6 Å². The maximum Gasteiger partial charge on any atom is 0.258 e. The number of H-pyrrole nitrogens is 1. The number of rotatable bonds is 6. The summed E-state index contributed by atoms with van der Waals surface area (Å²) in [6, 6.07) is 27.5. The summed E-state index contributed by atoms with van der Waals surface area (Å²) in [6.07, 6.45) is 0. The molecule has 0 unspecified atom stereocenters. The van der Waals surface area contributed by atoms with E-state index in [2.05, 4.69) is 25.8 Å². The zero-order valence-corrected chi connectivity index (χ0v) is 19.8. The third-order valence-electron chi connectivity index (χ3n) is 5.81. The zero-order chi connectivity index (χ0) is 25.8. The monoisotopic (exact) mass is 491 g/mol. The van der Waals surface area contributed by atoms with E-state index in [0.29, 0.717) is 34.2 Å². The smallest absolute Gasteiger partial charge is 0.258 e. The highest BCUT2D eigenvalue weighted by atomic mass is 19.1. The number of amides is 2. The number of aromatic nitrogens is 3. The van der Waals surface area contributed by atoms with Crippen molar-refractivity contribution >= 4 is 23.2 Å². The number of nitrogens with one attached hydrogen (secondary N) is 3. The third kappa shape index (κ3) is 5.13. The Bertz CT molecular complexity index is 1600. The first-order chi connectivity index (χ1) is 18.0. The number of nitrogens with zero attached hydrogens (tertiary/aromatic N) is 2. The van der Waals surface area contributed by atoms with Crippen LogP contribution in [0.4, 0.5) is 15.8 Å². The molecule has 4 aromatic carbocycles. The molecule has 0 bridgehead atoms. The highest BCUT2D eigenvalue weighted by molar-refractivity contribution is 6.08. The van der Waals surface area contributed by atoms with Crippen LogP contribution in [0.25, 0.3) is 22.8 Å². The SMILES string of the molecule is Cc1ccc(C(=O)Nc2ccccc2-c2nc(-c3ccccc3)n[nH]2)cc1NC(=O)c1ccccc1F. The lowest BCUT2D eigenvalue weighted by molar-refractivity contribution is 0.101. The Hall–Kier alpha value is -5.11. The fourth-order valence-corrected chi connectivity index (χ4v) is 3.82. The minimum atomic E-state index is -0.619. The minimum Gasteiger partial charge on any atom is -0.322 e. The number of aryl methyl sites for hydroxylation is 1. The van der Waals surface area contributed by atoms with Gasteiger partial charge in [-0.2, -0.15) is 5.10 Å². The van der Waals surface area contributed by atoms with Gasteiger partial charge < -0.3 is 10.6 Å². The lowest BCUT2D eigenvalue weighted by atomic mass is 10.1. The molecule has 5 aromatic rings. The van der Waals surface area contributed by atoms with Crippen LogP contribution in [0.5, 0.6) is 0 Å². The molecule has 5 rings (SSSR count). The Kier molecular flexibility index (Phi) is 6.54. The van der Waals surface area contributed by atoms with Gasteiger partial charge in [0, 0.05) is 22.4 Å². The number of aromatic amines is 1. The molecule has 0 saturated carbocycles. The molecule has 2 amide bonds. The maximum atomic E-state index is 14.0. The Morgan fingerprint density at radius 2 is 1.49 bits per heavy atom. The normalized spacial score (nSPS) is 10.6. The molecule has 3 N–H and O–H groups in total. The summed E-state index contributed by atoms with van der Waals surface area (Å²) in [6.45, 7) is 1.79. The van der Waals surface area contributed by atoms with Crippen molar-refractivity contribution in [2.75, 3.05) is 10.6 Å². The maximum absolute atomic E-state index is 14.0. The first-order valence-corrected chi connectivity index (χ1v) is 11.5. The molecule has 0 radical (unpaired) electrons. The van der Waals surface area contributed by atoms with Gasteiger partial charge in [-0.1, -0.05) is 60.7 Å². The van der Waals surface area contributed by atoms with E-state index in [1.165, 1.54) is 18.2 Å². The number of hydrogen-bond acceptors (Lipinski definition) is 4. The summed E-state index contributed by atoms with van der Waals surface area (Å²) in [5.74, 6) is -0.534. The minimum absolute atomic E-state index is 0.0763. The molecule has 37 heavy (non-hydrogen) atoms. The van der Waals surface area contributed by atoms with Crippen LogP contribution in [0.2, 0.25) is 0 Å². The van der Waals surface area contributed by atoms with E-state index in [0.717, 1.165) is 11.1 Å². The molecule has 0 saturated heterocycles. The molecule has 0 aliphatic heterocycles. The van der Waals surface area contributed by atoms with Gasteiger partial charge in [0.1, 0.15) is 5.82 Å². The summed E-state index contributed by atoms with van der Waals surface area (Å²) in [4.78, 5) is 30.4. The molecular weight excluding hydrogens is 469 g/mol. The van der Waals surface area contributed by atoms with E-state index in [-0.39, 0.29) is 11.5 Å². The van der Waals surface area contributed by atoms with Crippen molar-refractivity contribution < 1.29 is 14.0 Å². The lowest BCUT2D eigenvalue weighted by Gasteiger charge is -2.13. The van der Waals surface area contributed by atoms with Crippen LogP contribution >= 0.6 is 0 Å². The largest absolute Gasteiger partial charge is 0.322 e. The van der Waals surface area contributed by atoms with Crippen molar-refractivity contribution in [1.29, 1.82) is 0 Å². The van der Waals surface area contributed by atoms with E-state index in [1.54, 1.807) is 37.3 Å². The van der Waals surface area contributed by atoms with E-state index >= 15 is 0 Å². The Balaban J connectivity index is 1.37. The van der Waals surface area contributed by atoms with Gasteiger partial charge in [0.25, 0.3) is 11.8 Å². The molecule has 0 aliphatic rings. The van der Waals surface area contributed by atoms with Crippen molar-refractivity contribution in [3.63, 3.8) is 0 Å². The van der Waals surface area contributed by atoms with Gasteiger partial charge in [-0.3, -0.25) is 14.7 Å². The summed E-state index contributed by atoms with van der Waals surface area (Å²) < 4.78 is 14.0. The first kappa shape index (κ1) is 23.6. The van der Waals surface area contributed by atoms with Gasteiger partial charge in [0.2, 0.25) is 0 Å². The second-order valence-electron chi connectivity index (χ2n) is 8.34. The third-order valence-corrected chi connectivity index (χ3v) is 5.81. The Labute approximate surface area is 212 Å². The topological polar surface area (TPSA) is 99.8 Å². The lowest BCUT2D eigenvalue weighted by Crippen LogP contribution is -2.16. The molecule has 0 aliphatic carbocycles. The van der Waals surface area contributed by atoms with Crippen LogP contribution in [0.3, 0.4) is 0 Å². The predicted octanol–water partition coefficient (Wildman–Crippen LogP) is 6.09. The molecule has 0 atom stereocenters. The first-order valence-electron chi connectivity index (χ1n) is 11.5. The Morgan fingerprint density at radius 1 is 0.784 bits per heavy atom. The van der Waals surface area contributed by atoms with E-state index < -0.39 is 11.7 Å². The second kappa shape index (κ2) is 10.2. The average molecular weight is 492 g/mol. The van der Waals surface area contributed by atoms with Crippen molar-refractivity contribution in [2.45, 2.75) is 6.92 Å². The van der Waals surface area contributed by atoms with E-state index in [4.69, 9.17) is 0 Å². The molecular formula is C29H22FN5O2. The number of carbonyl (C=O) groups is 2. The van der Waals surface area contributed by atoms with Gasteiger partial charge in [-0.25, -0.2) is 9.37 Å². The molecule has 8 heteroatoms. The number of carbonyl (C=O) groups excluding carboxylic acids is 2. The molecule has 1 aromatic heterocycles. The fraction of sp³-hybridized carbons (Fsp3) is 0.0345. The molecule has 0 fully saturated rings. The van der Waals surface area contributed by atoms with Crippen LogP contribution in [0, 0.1) is 12.7 Å². The van der Waals surface area contributed by atoms with Gasteiger partial charge in [-0.15, -0.1) is 0 Å². The molecule has 1 heterocycles. The van der Waals surface area contributed by atoms with Crippen LogP contribution < -0.4 is 10.6 Å². The number of anilines is 2. The summed E-state index contributed by atoms with van der Waals surface area (Å²) in [5, 5.41) is 12.9. The number of benzene rings is 4. The van der Waals surface area contributed by atoms with Gasteiger partial charge >= 0.3 is 0 Å². The highest BCUT2D eigenvalue weighted by Gasteiger charge is 2.16. The summed E-state index contributed by atoms with van der Waals surface area (Å²) in [5.41, 5.74) is 3.48. The second-order valence-corrected chi connectivity index (χ2v) is 8.34. The van der Waals surface area contributed by atoms with Crippen LogP contribution in [0.15, 0.2) is 97.1 Å². The highest BCUT2D eigenvalue weighted by Crippen LogP contribution is 2.28. The molecule has 0 spiro atoms. The van der Waals surface area contributed by atoms with Crippen molar-refractivity contribution in [2.24, 2.45) is 0 Å². The fourth-order valence-electron chi connectivity index (χ4n) is 3.82. The van der Waals surface area contributed by atoms with Crippen LogP contribution in [-0.2, 0) is 0 Å². The Morgan fingerprint density at radius 3 is 2.30 bits per heavy atom. The number of hydrogen-bond donors (Lipinski definition) is 3. The predicted molar refractivity (Wildman–Crippen MR) is 141 cm³/mol. The van der Waals surface area contributed by atoms with Crippen LogP contribution in [0.1, 0.15) is 26.3 Å². The summed E-state index contributed by atoms with van der Waals surface area (Å²) >= 11 is 0. The van der Waals surface area contributed by atoms with Gasteiger partial charge in [0.05, 0.1) is 11.3 Å². The van der Waals surface area contributed by atoms with Gasteiger partial charge in [-0.05, 0) is 48.9 Å². The molecule has 7 nitrogen and oxygen atoms in total. The van der Waals surface area contributed by atoms with Crippen molar-refractivity contribution in [1.82, 2.24) is 15.2 Å². The zero-order valence-electron chi connectivity index (χ0n) is 19.8. The summed E-state index contributed by atoms with van der Waals surface area (Å²) in [7, 11) is 0. The van der Waals surface area contributed by atoms with Crippen molar-refractivity contribution in [3.8, 4) is 22.8 Å². The van der Waals surface area contributed by atoms with E-state index in [9.17, 15) is 14.0 Å².